The molecule has 1 aliphatic carbocycles. The Morgan fingerprint density at radius 2 is 2.10 bits per heavy atom. The average molecular weight is 283 g/mol. The third kappa shape index (κ3) is 2.38. The van der Waals surface area contributed by atoms with Crippen molar-refractivity contribution < 1.29 is 0 Å². The molecule has 2 fully saturated rings. The van der Waals surface area contributed by atoms with Gasteiger partial charge in [-0.3, -0.25) is 4.68 Å². The second-order valence-corrected chi connectivity index (χ2v) is 6.72. The third-order valence-corrected chi connectivity index (χ3v) is 5.47. The number of rotatable bonds is 3. The molecule has 1 aromatic carbocycles. The second-order valence-electron chi connectivity index (χ2n) is 6.72. The van der Waals surface area contributed by atoms with Gasteiger partial charge in [0.2, 0.25) is 0 Å². The molecule has 21 heavy (non-hydrogen) atoms. The Bertz CT molecular complexity index is 630. The Balaban J connectivity index is 1.57. The van der Waals surface area contributed by atoms with Gasteiger partial charge in [0, 0.05) is 30.4 Å². The van der Waals surface area contributed by atoms with E-state index in [1.807, 2.05) is 0 Å². The molecule has 2 aromatic rings. The van der Waals surface area contributed by atoms with Gasteiger partial charge in [-0.25, -0.2) is 0 Å². The molecule has 3 unspecified atom stereocenters. The van der Waals surface area contributed by atoms with Gasteiger partial charge in [-0.15, -0.1) is 0 Å². The van der Waals surface area contributed by atoms with Crippen LogP contribution < -0.4 is 5.32 Å². The lowest BCUT2D eigenvalue weighted by molar-refractivity contribution is 0.256. The number of aromatic nitrogens is 2. The topological polar surface area (TPSA) is 29.9 Å². The Morgan fingerprint density at radius 3 is 3.00 bits per heavy atom. The Labute approximate surface area is 126 Å². The molecule has 3 heteroatoms. The summed E-state index contributed by atoms with van der Waals surface area (Å²) in [4.78, 5) is 0. The maximum Gasteiger partial charge on any atom is 0.0718 e. The Morgan fingerprint density at radius 1 is 1.19 bits per heavy atom. The maximum atomic E-state index is 4.86. The fraction of sp³-hybridized carbons (Fsp3) is 0.611. The number of piperidine rings is 1. The summed E-state index contributed by atoms with van der Waals surface area (Å²) < 4.78 is 2.14. The van der Waals surface area contributed by atoms with E-state index in [1.54, 1.807) is 0 Å². The van der Waals surface area contributed by atoms with Crippen molar-refractivity contribution in [1.29, 1.82) is 0 Å². The molecular weight excluding hydrogens is 258 g/mol. The monoisotopic (exact) mass is 283 g/mol. The third-order valence-electron chi connectivity index (χ3n) is 5.47. The van der Waals surface area contributed by atoms with Crippen LogP contribution in [0.3, 0.4) is 0 Å². The van der Waals surface area contributed by atoms with Crippen LogP contribution in [-0.4, -0.2) is 21.9 Å². The fourth-order valence-electron chi connectivity index (χ4n) is 4.39. The van der Waals surface area contributed by atoms with Crippen LogP contribution >= 0.6 is 0 Å². The Hall–Kier alpha value is -1.35. The normalized spacial score (nSPS) is 28.9. The maximum absolute atomic E-state index is 4.86. The predicted octanol–water partition coefficient (Wildman–Crippen LogP) is 3.52. The summed E-state index contributed by atoms with van der Waals surface area (Å²) in [6.07, 6.45) is 8.05. The van der Waals surface area contributed by atoms with E-state index in [-0.39, 0.29) is 0 Å². The van der Waals surface area contributed by atoms with E-state index in [1.165, 1.54) is 48.7 Å². The molecule has 1 saturated carbocycles. The van der Waals surface area contributed by atoms with E-state index >= 15 is 0 Å². The molecule has 1 aliphatic heterocycles. The van der Waals surface area contributed by atoms with E-state index in [9.17, 15) is 0 Å². The summed E-state index contributed by atoms with van der Waals surface area (Å²) in [5.74, 6) is 0.950. The van der Waals surface area contributed by atoms with Crippen LogP contribution in [0.25, 0.3) is 10.9 Å². The molecule has 3 nitrogen and oxygen atoms in total. The second kappa shape index (κ2) is 5.45. The van der Waals surface area contributed by atoms with Crippen LogP contribution in [0.5, 0.6) is 0 Å². The molecule has 0 radical (unpaired) electrons. The zero-order chi connectivity index (χ0) is 14.2. The zero-order valence-corrected chi connectivity index (χ0v) is 12.9. The van der Waals surface area contributed by atoms with Crippen LogP contribution in [0.15, 0.2) is 24.3 Å². The van der Waals surface area contributed by atoms with Gasteiger partial charge in [0.1, 0.15) is 0 Å². The van der Waals surface area contributed by atoms with Crippen molar-refractivity contribution in [1.82, 2.24) is 15.1 Å². The first-order chi connectivity index (χ1) is 10.3. The minimum atomic E-state index is 0.618. The van der Waals surface area contributed by atoms with Crippen molar-refractivity contribution in [3.05, 3.63) is 30.0 Å². The number of benzene rings is 1. The lowest BCUT2D eigenvalue weighted by atomic mass is 9.88. The standard InChI is InChI=1S/C18H25N3/c1-2-21-18-9-4-3-7-15(18)17(20-21)12-14-11-10-13-6-5-8-16(13)19-14/h3-4,7,9,13-14,16,19H,2,5-6,8,10-12H2,1H3. The van der Waals surface area contributed by atoms with Gasteiger partial charge in [-0.1, -0.05) is 24.6 Å². The fourth-order valence-corrected chi connectivity index (χ4v) is 4.39. The lowest BCUT2D eigenvalue weighted by Crippen LogP contribution is -2.46. The van der Waals surface area contributed by atoms with Crippen molar-refractivity contribution in [2.45, 2.75) is 64.1 Å². The summed E-state index contributed by atoms with van der Waals surface area (Å²) in [7, 11) is 0. The highest BCUT2D eigenvalue weighted by Crippen LogP contribution is 2.34. The molecule has 2 aliphatic rings. The zero-order valence-electron chi connectivity index (χ0n) is 12.9. The van der Waals surface area contributed by atoms with Crippen molar-refractivity contribution in [3.63, 3.8) is 0 Å². The minimum Gasteiger partial charge on any atom is -0.311 e. The van der Waals surface area contributed by atoms with E-state index in [0.717, 1.165) is 24.9 Å². The Kier molecular flexibility index (Phi) is 3.46. The first-order valence-electron chi connectivity index (χ1n) is 8.55. The van der Waals surface area contributed by atoms with Gasteiger partial charge in [-0.2, -0.15) is 5.10 Å². The van der Waals surface area contributed by atoms with Crippen LogP contribution in [0.2, 0.25) is 0 Å². The quantitative estimate of drug-likeness (QED) is 0.934. The van der Waals surface area contributed by atoms with Gasteiger partial charge >= 0.3 is 0 Å². The van der Waals surface area contributed by atoms with Crippen LogP contribution in [0.4, 0.5) is 0 Å². The summed E-state index contributed by atoms with van der Waals surface area (Å²) in [6, 6.07) is 10.1. The first kappa shape index (κ1) is 13.3. The molecular formula is C18H25N3. The van der Waals surface area contributed by atoms with Gasteiger partial charge < -0.3 is 5.32 Å². The number of nitrogens with zero attached hydrogens (tertiary/aromatic N) is 2. The number of hydrogen-bond donors (Lipinski definition) is 1. The number of aryl methyl sites for hydroxylation is 1. The summed E-state index contributed by atoms with van der Waals surface area (Å²) in [6.45, 7) is 3.12. The molecule has 0 bridgehead atoms. The molecule has 2 heterocycles. The summed E-state index contributed by atoms with van der Waals surface area (Å²) >= 11 is 0. The minimum absolute atomic E-state index is 0.618. The SMILES string of the molecule is CCn1nc(CC2CCC3CCCC3N2)c2ccccc21. The van der Waals surface area contributed by atoms with Crippen LogP contribution in [0, 0.1) is 5.92 Å². The molecule has 0 spiro atoms. The van der Waals surface area contributed by atoms with Crippen molar-refractivity contribution >= 4 is 10.9 Å². The molecule has 1 saturated heterocycles. The largest absolute Gasteiger partial charge is 0.311 e. The molecule has 4 rings (SSSR count). The van der Waals surface area contributed by atoms with Gasteiger partial charge in [0.05, 0.1) is 11.2 Å². The van der Waals surface area contributed by atoms with Gasteiger partial charge in [0.25, 0.3) is 0 Å². The predicted molar refractivity (Wildman–Crippen MR) is 86.4 cm³/mol. The molecule has 112 valence electrons. The van der Waals surface area contributed by atoms with Crippen molar-refractivity contribution in [2.75, 3.05) is 0 Å². The van der Waals surface area contributed by atoms with E-state index < -0.39 is 0 Å². The average Bonchev–Trinajstić information content (AvgIpc) is 3.12. The van der Waals surface area contributed by atoms with Crippen molar-refractivity contribution in [3.8, 4) is 0 Å². The first-order valence-corrected chi connectivity index (χ1v) is 8.55. The summed E-state index contributed by atoms with van der Waals surface area (Å²) in [5, 5.41) is 10.1. The number of hydrogen-bond acceptors (Lipinski definition) is 2. The molecule has 1 aromatic heterocycles. The van der Waals surface area contributed by atoms with Crippen LogP contribution in [-0.2, 0) is 13.0 Å². The van der Waals surface area contributed by atoms with E-state index in [4.69, 9.17) is 5.10 Å². The van der Waals surface area contributed by atoms with E-state index in [2.05, 4.69) is 41.2 Å². The molecule has 1 N–H and O–H groups in total. The van der Waals surface area contributed by atoms with Gasteiger partial charge in [0.15, 0.2) is 0 Å². The number of nitrogens with one attached hydrogen (secondary N) is 1. The van der Waals surface area contributed by atoms with E-state index in [0.29, 0.717) is 6.04 Å². The number of para-hydroxylation sites is 1. The highest BCUT2D eigenvalue weighted by Gasteiger charge is 2.33. The lowest BCUT2D eigenvalue weighted by Gasteiger charge is -2.33. The smallest absolute Gasteiger partial charge is 0.0718 e. The number of fused-ring (bicyclic) bond motifs is 2. The van der Waals surface area contributed by atoms with Crippen molar-refractivity contribution in [2.24, 2.45) is 5.92 Å². The molecule has 3 atom stereocenters. The highest BCUT2D eigenvalue weighted by molar-refractivity contribution is 5.82. The van der Waals surface area contributed by atoms with Crippen LogP contribution in [0.1, 0.15) is 44.7 Å². The summed E-state index contributed by atoms with van der Waals surface area (Å²) in [5.41, 5.74) is 2.56. The molecule has 0 amide bonds. The highest BCUT2D eigenvalue weighted by atomic mass is 15.3. The van der Waals surface area contributed by atoms with Gasteiger partial charge in [-0.05, 0) is 44.6 Å².